The lowest BCUT2D eigenvalue weighted by molar-refractivity contribution is 0.391. The summed E-state index contributed by atoms with van der Waals surface area (Å²) in [6.07, 6.45) is 2.40. The lowest BCUT2D eigenvalue weighted by atomic mass is 10.2. The van der Waals surface area contributed by atoms with Gasteiger partial charge in [-0.05, 0) is 31.9 Å². The van der Waals surface area contributed by atoms with E-state index < -0.39 is 0 Å². The zero-order chi connectivity index (χ0) is 15.8. The van der Waals surface area contributed by atoms with Crippen molar-refractivity contribution in [2.75, 3.05) is 0 Å². The summed E-state index contributed by atoms with van der Waals surface area (Å²) in [4.78, 5) is 4.41. The first-order valence-electron chi connectivity index (χ1n) is 7.34. The molecule has 1 aliphatic rings. The minimum atomic E-state index is 0.506. The molecule has 3 aromatic rings. The molecule has 0 atom stereocenters. The molecule has 2 aromatic heterocycles. The van der Waals surface area contributed by atoms with Crippen LogP contribution in [0.2, 0.25) is 5.02 Å². The summed E-state index contributed by atoms with van der Waals surface area (Å²) < 4.78 is 7.51. The van der Waals surface area contributed by atoms with Crippen LogP contribution in [0.15, 0.2) is 33.9 Å². The minimum Gasteiger partial charge on any atom is -0.338 e. The van der Waals surface area contributed by atoms with Crippen molar-refractivity contribution < 1.29 is 4.52 Å². The number of hydrogen-bond acceptors (Lipinski definition) is 6. The number of hydrogen-bond donors (Lipinski definition) is 0. The number of aryl methyl sites for hydroxylation is 1. The zero-order valence-electron chi connectivity index (χ0n) is 12.4. The van der Waals surface area contributed by atoms with Crippen LogP contribution in [-0.2, 0) is 5.75 Å². The van der Waals surface area contributed by atoms with Crippen LogP contribution in [0.1, 0.15) is 30.6 Å². The van der Waals surface area contributed by atoms with E-state index >= 15 is 0 Å². The molecular formula is C15H14ClN5OS. The molecule has 8 heteroatoms. The van der Waals surface area contributed by atoms with E-state index in [4.69, 9.17) is 16.1 Å². The van der Waals surface area contributed by atoms with Crippen molar-refractivity contribution in [1.82, 2.24) is 24.9 Å². The highest BCUT2D eigenvalue weighted by atomic mass is 35.5. The molecule has 0 unspecified atom stereocenters. The first-order valence-corrected chi connectivity index (χ1v) is 8.70. The molecule has 0 bridgehead atoms. The first kappa shape index (κ1) is 14.7. The van der Waals surface area contributed by atoms with Crippen LogP contribution < -0.4 is 0 Å². The summed E-state index contributed by atoms with van der Waals surface area (Å²) in [6.45, 7) is 1.98. The first-order chi connectivity index (χ1) is 11.2. The Kier molecular flexibility index (Phi) is 3.82. The number of nitrogens with zero attached hydrogens (tertiary/aromatic N) is 5. The van der Waals surface area contributed by atoms with E-state index in [1.165, 1.54) is 12.8 Å². The van der Waals surface area contributed by atoms with Gasteiger partial charge in [-0.2, -0.15) is 4.98 Å². The van der Waals surface area contributed by atoms with Crippen molar-refractivity contribution >= 4 is 23.4 Å². The number of halogens is 1. The SMILES string of the molecule is Cc1nnc(SCc2nc(-c3ccccc3Cl)no2)n1C1CC1. The Morgan fingerprint density at radius 1 is 1.30 bits per heavy atom. The van der Waals surface area contributed by atoms with Gasteiger partial charge in [0.05, 0.1) is 10.8 Å². The van der Waals surface area contributed by atoms with Crippen LogP contribution in [0.4, 0.5) is 0 Å². The van der Waals surface area contributed by atoms with Gasteiger partial charge in [0.15, 0.2) is 5.16 Å². The van der Waals surface area contributed by atoms with E-state index in [0.717, 1.165) is 16.5 Å². The molecule has 1 aliphatic carbocycles. The van der Waals surface area contributed by atoms with Crippen LogP contribution >= 0.6 is 23.4 Å². The molecule has 0 N–H and O–H groups in total. The number of benzene rings is 1. The lowest BCUT2D eigenvalue weighted by Crippen LogP contribution is -1.99. The van der Waals surface area contributed by atoms with Crippen molar-refractivity contribution in [1.29, 1.82) is 0 Å². The van der Waals surface area contributed by atoms with E-state index in [1.807, 2.05) is 31.2 Å². The third kappa shape index (κ3) is 2.98. The standard InChI is InChI=1S/C15H14ClN5OS/c1-9-18-19-15(21(9)10-6-7-10)23-8-13-17-14(20-22-13)11-4-2-3-5-12(11)16/h2-5,10H,6-8H2,1H3. The number of thioether (sulfide) groups is 1. The Balaban J connectivity index is 1.50. The quantitative estimate of drug-likeness (QED) is 0.651. The summed E-state index contributed by atoms with van der Waals surface area (Å²) in [5.74, 6) is 2.57. The molecular weight excluding hydrogens is 334 g/mol. The molecule has 118 valence electrons. The lowest BCUT2D eigenvalue weighted by Gasteiger charge is -2.04. The fourth-order valence-electron chi connectivity index (χ4n) is 2.39. The second-order valence-corrected chi connectivity index (χ2v) is 6.76. The Bertz CT molecular complexity index is 842. The third-order valence-corrected chi connectivity index (χ3v) is 4.91. The Morgan fingerprint density at radius 3 is 2.91 bits per heavy atom. The smallest absolute Gasteiger partial charge is 0.237 e. The van der Waals surface area contributed by atoms with Crippen LogP contribution in [-0.4, -0.2) is 24.9 Å². The van der Waals surface area contributed by atoms with Crippen LogP contribution in [0.5, 0.6) is 0 Å². The van der Waals surface area contributed by atoms with E-state index in [0.29, 0.717) is 28.5 Å². The molecule has 0 spiro atoms. The van der Waals surface area contributed by atoms with E-state index in [1.54, 1.807) is 11.8 Å². The summed E-state index contributed by atoms with van der Waals surface area (Å²) in [6, 6.07) is 8.00. The molecule has 23 heavy (non-hydrogen) atoms. The van der Waals surface area contributed by atoms with Gasteiger partial charge in [0.2, 0.25) is 11.7 Å². The maximum atomic E-state index is 6.16. The summed E-state index contributed by atoms with van der Waals surface area (Å²) in [5, 5.41) is 13.9. The third-order valence-electron chi connectivity index (χ3n) is 3.65. The Hall–Kier alpha value is -1.86. The topological polar surface area (TPSA) is 69.6 Å². The van der Waals surface area contributed by atoms with Gasteiger partial charge in [0.1, 0.15) is 5.82 Å². The number of aromatic nitrogens is 5. The highest BCUT2D eigenvalue weighted by Gasteiger charge is 2.28. The second-order valence-electron chi connectivity index (χ2n) is 5.41. The van der Waals surface area contributed by atoms with Gasteiger partial charge in [-0.1, -0.05) is 40.7 Å². The molecule has 0 amide bonds. The summed E-state index contributed by atoms with van der Waals surface area (Å²) >= 11 is 7.72. The molecule has 0 aliphatic heterocycles. The number of rotatable bonds is 5. The van der Waals surface area contributed by atoms with Gasteiger partial charge in [-0.25, -0.2) is 0 Å². The minimum absolute atomic E-state index is 0.506. The van der Waals surface area contributed by atoms with Gasteiger partial charge in [0, 0.05) is 11.6 Å². The molecule has 2 heterocycles. The Labute approximate surface area is 142 Å². The van der Waals surface area contributed by atoms with Gasteiger partial charge in [0.25, 0.3) is 0 Å². The maximum absolute atomic E-state index is 6.16. The van der Waals surface area contributed by atoms with Gasteiger partial charge in [-0.15, -0.1) is 10.2 Å². The molecule has 6 nitrogen and oxygen atoms in total. The molecule has 0 radical (unpaired) electrons. The van der Waals surface area contributed by atoms with Crippen molar-refractivity contribution in [2.45, 2.75) is 36.7 Å². The van der Waals surface area contributed by atoms with Gasteiger partial charge < -0.3 is 9.09 Å². The monoisotopic (exact) mass is 347 g/mol. The van der Waals surface area contributed by atoms with E-state index in [-0.39, 0.29) is 0 Å². The van der Waals surface area contributed by atoms with Crippen molar-refractivity contribution in [3.63, 3.8) is 0 Å². The average molecular weight is 348 g/mol. The van der Waals surface area contributed by atoms with Gasteiger partial charge in [-0.3, -0.25) is 0 Å². The Morgan fingerprint density at radius 2 is 2.13 bits per heavy atom. The van der Waals surface area contributed by atoms with Crippen LogP contribution in [0, 0.1) is 6.92 Å². The zero-order valence-corrected chi connectivity index (χ0v) is 14.0. The predicted molar refractivity (Wildman–Crippen MR) is 87.3 cm³/mol. The highest BCUT2D eigenvalue weighted by Crippen LogP contribution is 2.39. The average Bonchev–Trinajstić information content (AvgIpc) is 3.15. The summed E-state index contributed by atoms with van der Waals surface area (Å²) in [5.41, 5.74) is 0.770. The molecule has 1 aromatic carbocycles. The van der Waals surface area contributed by atoms with E-state index in [9.17, 15) is 0 Å². The molecule has 1 saturated carbocycles. The fourth-order valence-corrected chi connectivity index (χ4v) is 3.50. The van der Waals surface area contributed by atoms with Crippen molar-refractivity contribution in [2.24, 2.45) is 0 Å². The normalized spacial score (nSPS) is 14.3. The fraction of sp³-hybridized carbons (Fsp3) is 0.333. The van der Waals surface area contributed by atoms with Crippen molar-refractivity contribution in [3.05, 3.63) is 41.0 Å². The molecule has 0 saturated heterocycles. The maximum Gasteiger partial charge on any atom is 0.237 e. The second kappa shape index (κ2) is 5.98. The van der Waals surface area contributed by atoms with E-state index in [2.05, 4.69) is 24.9 Å². The highest BCUT2D eigenvalue weighted by molar-refractivity contribution is 7.98. The molecule has 4 rings (SSSR count). The van der Waals surface area contributed by atoms with Crippen molar-refractivity contribution in [3.8, 4) is 11.4 Å². The van der Waals surface area contributed by atoms with Gasteiger partial charge >= 0.3 is 0 Å². The van der Waals surface area contributed by atoms with Crippen LogP contribution in [0.25, 0.3) is 11.4 Å². The largest absolute Gasteiger partial charge is 0.338 e. The van der Waals surface area contributed by atoms with Crippen LogP contribution in [0.3, 0.4) is 0 Å². The predicted octanol–water partition coefficient (Wildman–Crippen LogP) is 3.92. The molecule has 1 fully saturated rings. The summed E-state index contributed by atoms with van der Waals surface area (Å²) in [7, 11) is 0.